The lowest BCUT2D eigenvalue weighted by atomic mass is 10.1. The van der Waals surface area contributed by atoms with Crippen molar-refractivity contribution in [2.24, 2.45) is 0 Å². The summed E-state index contributed by atoms with van der Waals surface area (Å²) in [4.78, 5) is 10.1. The lowest BCUT2D eigenvalue weighted by Gasteiger charge is -2.16. The minimum absolute atomic E-state index is 0.0423. The molecule has 0 spiro atoms. The minimum atomic E-state index is -4.74. The van der Waals surface area contributed by atoms with Crippen molar-refractivity contribution in [2.45, 2.75) is 17.4 Å². The largest absolute Gasteiger partial charge is 0.480 e. The Morgan fingerprint density at radius 3 is 2.30 bits per heavy atom. The Balaban J connectivity index is 2.40. The molecular formula is C16H8BrCl4F3O3. The van der Waals surface area contributed by atoms with Crippen molar-refractivity contribution in [1.82, 2.24) is 0 Å². The van der Waals surface area contributed by atoms with Crippen molar-refractivity contribution in [2.75, 3.05) is 0 Å². The van der Waals surface area contributed by atoms with Gasteiger partial charge in [0.15, 0.2) is 5.75 Å². The van der Waals surface area contributed by atoms with Gasteiger partial charge in [-0.15, -0.1) is 0 Å². The standard InChI is InChI=1S/C16H8BrCl4F3O3/c17-9(15(25)26)4-6-3-7(1-2-10(6)18)27-14-11(19)5-8(16(22,23)24)12(20)13(14)21/h1-3,5,9H,4H2,(H,25,26). The second kappa shape index (κ2) is 8.66. The second-order valence-corrected chi connectivity index (χ2v) is 7.90. The van der Waals surface area contributed by atoms with Gasteiger partial charge in [-0.3, -0.25) is 4.79 Å². The van der Waals surface area contributed by atoms with E-state index >= 15 is 0 Å². The fourth-order valence-electron chi connectivity index (χ4n) is 2.05. The quantitative estimate of drug-likeness (QED) is 0.324. The van der Waals surface area contributed by atoms with Crippen LogP contribution in [0, 0.1) is 0 Å². The molecule has 0 fully saturated rings. The van der Waals surface area contributed by atoms with E-state index in [9.17, 15) is 18.0 Å². The zero-order valence-electron chi connectivity index (χ0n) is 12.9. The van der Waals surface area contributed by atoms with E-state index < -0.39 is 37.6 Å². The number of rotatable bonds is 5. The molecule has 11 heteroatoms. The molecule has 1 atom stereocenters. The van der Waals surface area contributed by atoms with Crippen LogP contribution in [-0.2, 0) is 17.4 Å². The van der Waals surface area contributed by atoms with E-state index in [2.05, 4.69) is 15.9 Å². The van der Waals surface area contributed by atoms with E-state index in [-0.39, 0.29) is 22.9 Å². The lowest BCUT2D eigenvalue weighted by molar-refractivity contribution is -0.138. The molecule has 0 radical (unpaired) electrons. The molecule has 1 unspecified atom stereocenters. The van der Waals surface area contributed by atoms with Crippen molar-refractivity contribution < 1.29 is 27.8 Å². The van der Waals surface area contributed by atoms with Gasteiger partial charge in [-0.25, -0.2) is 0 Å². The molecule has 2 rings (SSSR count). The number of halogens is 8. The smallest absolute Gasteiger partial charge is 0.417 e. The third kappa shape index (κ3) is 5.35. The Morgan fingerprint density at radius 2 is 1.74 bits per heavy atom. The van der Waals surface area contributed by atoms with Crippen LogP contribution in [0.25, 0.3) is 0 Å². The van der Waals surface area contributed by atoms with E-state index in [0.29, 0.717) is 11.6 Å². The molecule has 0 bridgehead atoms. The highest BCUT2D eigenvalue weighted by Crippen LogP contribution is 2.47. The highest BCUT2D eigenvalue weighted by molar-refractivity contribution is 9.10. The van der Waals surface area contributed by atoms with Gasteiger partial charge >= 0.3 is 12.1 Å². The van der Waals surface area contributed by atoms with Crippen LogP contribution in [-0.4, -0.2) is 15.9 Å². The number of hydrogen-bond donors (Lipinski definition) is 1. The van der Waals surface area contributed by atoms with E-state index in [1.807, 2.05) is 0 Å². The zero-order valence-corrected chi connectivity index (χ0v) is 17.5. The summed E-state index contributed by atoms with van der Waals surface area (Å²) in [5.41, 5.74) is -0.754. The average molecular weight is 527 g/mol. The molecule has 2 aromatic rings. The molecule has 146 valence electrons. The van der Waals surface area contributed by atoms with Gasteiger partial charge in [-0.2, -0.15) is 13.2 Å². The molecule has 3 nitrogen and oxygen atoms in total. The maximum absolute atomic E-state index is 12.9. The number of carboxylic acids is 1. The number of alkyl halides is 4. The molecule has 2 aromatic carbocycles. The van der Waals surface area contributed by atoms with Gasteiger partial charge in [-0.05, 0) is 36.2 Å². The Kier molecular flexibility index (Phi) is 7.19. The van der Waals surface area contributed by atoms with Gasteiger partial charge in [0.25, 0.3) is 0 Å². The summed E-state index contributed by atoms with van der Waals surface area (Å²) in [5.74, 6) is -1.21. The van der Waals surface area contributed by atoms with Crippen molar-refractivity contribution in [3.05, 3.63) is 55.5 Å². The van der Waals surface area contributed by atoms with E-state index in [0.717, 1.165) is 0 Å². The third-order valence-corrected chi connectivity index (χ3v) is 5.54. The first-order chi connectivity index (χ1) is 12.4. The molecule has 0 aliphatic heterocycles. The molecule has 0 saturated heterocycles. The van der Waals surface area contributed by atoms with Crippen LogP contribution >= 0.6 is 62.3 Å². The van der Waals surface area contributed by atoms with Crippen LogP contribution in [0.1, 0.15) is 11.1 Å². The van der Waals surface area contributed by atoms with Crippen molar-refractivity contribution in [3.8, 4) is 11.5 Å². The van der Waals surface area contributed by atoms with Gasteiger partial charge in [0.1, 0.15) is 15.6 Å². The van der Waals surface area contributed by atoms with Gasteiger partial charge in [0, 0.05) is 5.02 Å². The predicted molar refractivity (Wildman–Crippen MR) is 102 cm³/mol. The minimum Gasteiger partial charge on any atom is -0.480 e. The van der Waals surface area contributed by atoms with Crippen molar-refractivity contribution in [1.29, 1.82) is 0 Å². The molecule has 0 amide bonds. The van der Waals surface area contributed by atoms with Crippen LogP contribution in [0.4, 0.5) is 13.2 Å². The maximum atomic E-state index is 12.9. The number of aliphatic carboxylic acids is 1. The van der Waals surface area contributed by atoms with Gasteiger partial charge in [0.05, 0.1) is 15.6 Å². The average Bonchev–Trinajstić information content (AvgIpc) is 2.56. The summed E-state index contributed by atoms with van der Waals surface area (Å²) >= 11 is 26.5. The Labute approximate surface area is 180 Å². The third-order valence-electron chi connectivity index (χ3n) is 3.33. The highest BCUT2D eigenvalue weighted by atomic mass is 79.9. The Bertz CT molecular complexity index is 890. The maximum Gasteiger partial charge on any atom is 0.417 e. The highest BCUT2D eigenvalue weighted by Gasteiger charge is 2.36. The molecule has 0 aliphatic rings. The first-order valence-electron chi connectivity index (χ1n) is 6.99. The summed E-state index contributed by atoms with van der Waals surface area (Å²) in [7, 11) is 0. The van der Waals surface area contributed by atoms with Crippen LogP contribution in [0.3, 0.4) is 0 Å². The van der Waals surface area contributed by atoms with Crippen LogP contribution < -0.4 is 4.74 Å². The molecule has 27 heavy (non-hydrogen) atoms. The van der Waals surface area contributed by atoms with Gasteiger partial charge in [-0.1, -0.05) is 62.3 Å². The second-order valence-electron chi connectivity index (χ2n) is 5.23. The number of ether oxygens (including phenoxy) is 1. The predicted octanol–water partition coefficient (Wildman–Crippen LogP) is 7.50. The molecule has 0 aliphatic carbocycles. The SMILES string of the molecule is O=C(O)C(Br)Cc1cc(Oc2c(Cl)cc(C(F)(F)F)c(Cl)c2Cl)ccc1Cl. The molecule has 1 N–H and O–H groups in total. The zero-order chi connectivity index (χ0) is 20.5. The van der Waals surface area contributed by atoms with Crippen molar-refractivity contribution in [3.63, 3.8) is 0 Å². The summed E-state index contributed by atoms with van der Waals surface area (Å²) in [6.07, 6.45) is -4.70. The van der Waals surface area contributed by atoms with Crippen molar-refractivity contribution >= 4 is 68.3 Å². The van der Waals surface area contributed by atoms with Crippen LogP contribution in [0.15, 0.2) is 24.3 Å². The first-order valence-corrected chi connectivity index (χ1v) is 9.42. The summed E-state index contributed by atoms with van der Waals surface area (Å²) < 4.78 is 44.3. The normalized spacial score (nSPS) is 12.7. The summed E-state index contributed by atoms with van der Waals surface area (Å²) in [6.45, 7) is 0. The van der Waals surface area contributed by atoms with Gasteiger partial charge in [0.2, 0.25) is 0 Å². The van der Waals surface area contributed by atoms with Crippen LogP contribution in [0.5, 0.6) is 11.5 Å². The Hall–Kier alpha value is -0.860. The summed E-state index contributed by atoms with van der Waals surface area (Å²) in [5, 5.41) is 7.62. The monoisotopic (exact) mass is 524 g/mol. The number of hydrogen-bond acceptors (Lipinski definition) is 2. The molecular weight excluding hydrogens is 519 g/mol. The van der Waals surface area contributed by atoms with E-state index in [1.165, 1.54) is 18.2 Å². The first kappa shape index (κ1) is 22.4. The number of benzene rings is 2. The number of carbonyl (C=O) groups is 1. The van der Waals surface area contributed by atoms with Crippen LogP contribution in [0.2, 0.25) is 20.1 Å². The molecule has 0 aromatic heterocycles. The number of carboxylic acid groups (broad SMARTS) is 1. The van der Waals surface area contributed by atoms with Gasteiger partial charge < -0.3 is 9.84 Å². The fraction of sp³-hybridized carbons (Fsp3) is 0.188. The topological polar surface area (TPSA) is 46.5 Å². The Morgan fingerprint density at radius 1 is 1.11 bits per heavy atom. The van der Waals surface area contributed by atoms with E-state index in [4.69, 9.17) is 56.2 Å². The lowest BCUT2D eigenvalue weighted by Crippen LogP contribution is -2.15. The summed E-state index contributed by atoms with van der Waals surface area (Å²) in [6, 6.07) is 4.91. The fourth-order valence-corrected chi connectivity index (χ4v) is 3.37. The molecule has 0 saturated carbocycles. The molecule has 0 heterocycles. The van der Waals surface area contributed by atoms with E-state index in [1.54, 1.807) is 0 Å².